The Bertz CT molecular complexity index is 1690. The van der Waals surface area contributed by atoms with Crippen LogP contribution in [0, 0.1) is 0 Å². The quantitative estimate of drug-likeness (QED) is 0.0932. The molecule has 6 N–H and O–H groups in total. The van der Waals surface area contributed by atoms with E-state index in [1.54, 1.807) is 4.90 Å². The van der Waals surface area contributed by atoms with Crippen molar-refractivity contribution in [2.24, 2.45) is 0 Å². The third-order valence-corrected chi connectivity index (χ3v) is 12.3. The maximum absolute atomic E-state index is 13.6. The van der Waals surface area contributed by atoms with Gasteiger partial charge in [0.25, 0.3) is 0 Å². The molecule has 0 spiro atoms. The lowest BCUT2D eigenvalue weighted by Gasteiger charge is -2.38. The van der Waals surface area contributed by atoms with Gasteiger partial charge in [0.05, 0.1) is 18.8 Å². The molecule has 2 aromatic carbocycles. The van der Waals surface area contributed by atoms with E-state index < -0.39 is 37.1 Å². The molecule has 3 aliphatic carbocycles. The molecule has 0 saturated heterocycles. The number of carbonyl (C=O) groups excluding carboxylic acids is 1. The zero-order valence-electron chi connectivity index (χ0n) is 31.3. The van der Waals surface area contributed by atoms with Crippen molar-refractivity contribution in [2.45, 2.75) is 144 Å². The van der Waals surface area contributed by atoms with Gasteiger partial charge in [-0.2, -0.15) is 0 Å². The van der Waals surface area contributed by atoms with Gasteiger partial charge in [0.1, 0.15) is 30.2 Å². The number of ether oxygens (including phenoxy) is 1. The molecule has 3 aromatic rings. The van der Waals surface area contributed by atoms with E-state index in [-0.39, 0.29) is 36.2 Å². The van der Waals surface area contributed by atoms with Gasteiger partial charge in [-0.05, 0) is 129 Å². The molecule has 3 aliphatic rings. The molecule has 54 heavy (non-hydrogen) atoms. The predicted molar refractivity (Wildman–Crippen MR) is 207 cm³/mol. The van der Waals surface area contributed by atoms with Crippen molar-refractivity contribution >= 4 is 17.5 Å². The van der Waals surface area contributed by atoms with Crippen LogP contribution in [-0.2, 0) is 16.6 Å². The summed E-state index contributed by atoms with van der Waals surface area (Å²) in [6.07, 6.45) is 7.07. The van der Waals surface area contributed by atoms with Crippen LogP contribution in [0.2, 0.25) is 5.02 Å². The topological polar surface area (TPSA) is 164 Å². The highest BCUT2D eigenvalue weighted by Gasteiger charge is 2.45. The molecule has 3 fully saturated rings. The van der Waals surface area contributed by atoms with Gasteiger partial charge in [-0.15, -0.1) is 0 Å². The highest BCUT2D eigenvalue weighted by Crippen LogP contribution is 2.55. The number of nitrogens with zero attached hydrogens (tertiary/aromatic N) is 2. The van der Waals surface area contributed by atoms with Gasteiger partial charge >= 0.3 is 0 Å². The van der Waals surface area contributed by atoms with Gasteiger partial charge in [-0.1, -0.05) is 48.9 Å². The van der Waals surface area contributed by atoms with Crippen molar-refractivity contribution in [3.63, 3.8) is 0 Å². The molecule has 0 bridgehead atoms. The second-order valence-corrected chi connectivity index (χ2v) is 16.4. The first-order valence-electron chi connectivity index (χ1n) is 19.8. The number of aliphatic hydroxyl groups is 6. The largest absolute Gasteiger partial charge is 0.490 e. The smallest absolute Gasteiger partial charge is 0.222 e. The lowest BCUT2D eigenvalue weighted by molar-refractivity contribution is -0.144. The van der Waals surface area contributed by atoms with Crippen LogP contribution in [0.5, 0.6) is 5.75 Å². The van der Waals surface area contributed by atoms with Crippen molar-refractivity contribution in [2.75, 3.05) is 13.2 Å². The lowest BCUT2D eigenvalue weighted by Crippen LogP contribution is -2.53. The van der Waals surface area contributed by atoms with E-state index in [1.807, 2.05) is 24.5 Å². The molecule has 11 heteroatoms. The van der Waals surface area contributed by atoms with Crippen LogP contribution in [0.25, 0.3) is 11.1 Å². The van der Waals surface area contributed by atoms with Gasteiger partial charge in [0.2, 0.25) is 5.91 Å². The predicted octanol–water partition coefficient (Wildman–Crippen LogP) is 5.45. The lowest BCUT2D eigenvalue weighted by atomic mass is 9.84. The SMILES string of the molecule is CC(CCCC(=O)N(C[C@@H](O)[C@H](O)[C@@H](O)[C@@H](O)CO)C1CCC(O)CC1)c1ccc(Cl)c(CCC2(c3cnccc3-c3ccccc3OC3CC3)CC2)c1. The molecule has 0 aliphatic heterocycles. The van der Waals surface area contributed by atoms with Gasteiger partial charge in [-0.3, -0.25) is 9.78 Å². The number of benzene rings is 2. The highest BCUT2D eigenvalue weighted by molar-refractivity contribution is 6.31. The summed E-state index contributed by atoms with van der Waals surface area (Å²) in [5.74, 6) is 0.926. The molecule has 6 rings (SSSR count). The number of amides is 1. The van der Waals surface area contributed by atoms with Gasteiger partial charge in [0, 0.05) is 42.0 Å². The molecule has 1 heterocycles. The number of para-hydroxylation sites is 1. The number of halogens is 1. The molecular weight excluding hydrogens is 708 g/mol. The first kappa shape index (κ1) is 40.6. The van der Waals surface area contributed by atoms with Crippen molar-refractivity contribution in [3.8, 4) is 16.9 Å². The molecule has 5 atom stereocenters. The molecule has 1 aromatic heterocycles. The van der Waals surface area contributed by atoms with Crippen molar-refractivity contribution in [3.05, 3.63) is 82.6 Å². The Morgan fingerprint density at radius 1 is 0.963 bits per heavy atom. The molecular formula is C43H57ClN2O8. The molecule has 0 radical (unpaired) electrons. The Morgan fingerprint density at radius 2 is 1.69 bits per heavy atom. The maximum atomic E-state index is 13.6. The summed E-state index contributed by atoms with van der Waals surface area (Å²) in [6, 6.07) is 16.4. The number of rotatable bonds is 19. The fourth-order valence-corrected chi connectivity index (χ4v) is 8.26. The van der Waals surface area contributed by atoms with Crippen LogP contribution in [0.3, 0.4) is 0 Å². The first-order valence-corrected chi connectivity index (χ1v) is 20.2. The second-order valence-electron chi connectivity index (χ2n) is 16.0. The van der Waals surface area contributed by atoms with Crippen LogP contribution in [-0.4, -0.2) is 102 Å². The van der Waals surface area contributed by atoms with Crippen molar-refractivity contribution in [1.29, 1.82) is 0 Å². The molecule has 10 nitrogen and oxygen atoms in total. The minimum Gasteiger partial charge on any atom is -0.490 e. The van der Waals surface area contributed by atoms with Crippen molar-refractivity contribution < 1.29 is 40.2 Å². The third-order valence-electron chi connectivity index (χ3n) is 11.9. The third kappa shape index (κ3) is 10.0. The molecule has 294 valence electrons. The summed E-state index contributed by atoms with van der Waals surface area (Å²) in [7, 11) is 0. The van der Waals surface area contributed by atoms with E-state index in [4.69, 9.17) is 21.4 Å². The number of hydrogen-bond donors (Lipinski definition) is 6. The monoisotopic (exact) mass is 764 g/mol. The van der Waals surface area contributed by atoms with Gasteiger partial charge < -0.3 is 40.3 Å². The Kier molecular flexibility index (Phi) is 13.7. The van der Waals surface area contributed by atoms with E-state index in [0.717, 1.165) is 72.4 Å². The minimum absolute atomic E-state index is 0.0320. The normalized spacial score (nSPS) is 22.1. The molecule has 1 amide bonds. The molecule has 1 unspecified atom stereocenters. The van der Waals surface area contributed by atoms with Crippen LogP contribution in [0.15, 0.2) is 60.9 Å². The average molecular weight is 765 g/mol. The average Bonchev–Trinajstić information content (AvgIpc) is 4.14. The molecule has 3 saturated carbocycles. The summed E-state index contributed by atoms with van der Waals surface area (Å²) in [4.78, 5) is 19.7. The summed E-state index contributed by atoms with van der Waals surface area (Å²) < 4.78 is 6.30. The number of aromatic nitrogens is 1. The van der Waals surface area contributed by atoms with E-state index >= 15 is 0 Å². The van der Waals surface area contributed by atoms with Crippen LogP contribution >= 0.6 is 11.6 Å². The number of pyridine rings is 1. The van der Waals surface area contributed by atoms with E-state index in [0.29, 0.717) is 38.2 Å². The summed E-state index contributed by atoms with van der Waals surface area (Å²) in [5.41, 5.74) is 5.87. The van der Waals surface area contributed by atoms with E-state index in [9.17, 15) is 30.3 Å². The minimum atomic E-state index is -1.77. The first-order chi connectivity index (χ1) is 26.0. The van der Waals surface area contributed by atoms with Crippen LogP contribution in [0.1, 0.15) is 107 Å². The standard InChI is InChI=1S/C43H57ClN2O8/c1-27(5-4-8-40(51)46(30-10-12-31(48)13-11-30)25-37(49)41(52)42(53)38(50)26-47)28-9-16-36(44)29(23-28)17-19-43(20-21-43)35-24-45-22-18-33(35)34-6-2-3-7-39(34)54-32-14-15-32/h2-3,6-7,9,16,18,22-24,27,30-32,37-38,41-42,47-50,52-53H,4-5,8,10-15,17,19-21,25-26H2,1H3/t27?,30?,31?,37-,38+,41+,42+/m1/s1. The Labute approximate surface area is 323 Å². The summed E-state index contributed by atoms with van der Waals surface area (Å²) >= 11 is 6.80. The van der Waals surface area contributed by atoms with Crippen molar-refractivity contribution in [1.82, 2.24) is 9.88 Å². The fourth-order valence-electron chi connectivity index (χ4n) is 8.05. The maximum Gasteiger partial charge on any atom is 0.222 e. The van der Waals surface area contributed by atoms with E-state index in [2.05, 4.69) is 48.3 Å². The fraction of sp³-hybridized carbons (Fsp3) is 0.581. The number of aryl methyl sites for hydroxylation is 1. The Hall–Kier alpha value is -3.09. The highest BCUT2D eigenvalue weighted by atomic mass is 35.5. The zero-order chi connectivity index (χ0) is 38.4. The Morgan fingerprint density at radius 3 is 2.39 bits per heavy atom. The second kappa shape index (κ2) is 18.2. The van der Waals surface area contributed by atoms with Crippen LogP contribution < -0.4 is 4.74 Å². The number of carbonyl (C=O) groups is 1. The summed E-state index contributed by atoms with van der Waals surface area (Å²) in [5, 5.41) is 61.1. The summed E-state index contributed by atoms with van der Waals surface area (Å²) in [6.45, 7) is 1.15. The van der Waals surface area contributed by atoms with Gasteiger partial charge in [0.15, 0.2) is 0 Å². The van der Waals surface area contributed by atoms with Crippen LogP contribution in [0.4, 0.5) is 0 Å². The number of hydrogen-bond acceptors (Lipinski definition) is 9. The number of aliphatic hydroxyl groups excluding tert-OH is 6. The van der Waals surface area contributed by atoms with Gasteiger partial charge in [-0.25, -0.2) is 0 Å². The van der Waals surface area contributed by atoms with E-state index in [1.165, 1.54) is 11.1 Å². The Balaban J connectivity index is 1.07. The zero-order valence-corrected chi connectivity index (χ0v) is 32.0.